The molecule has 1 aromatic carbocycles. The summed E-state index contributed by atoms with van der Waals surface area (Å²) in [5.74, 6) is 1.47. The number of nitrogens with zero attached hydrogens (tertiary/aromatic N) is 1. The molecule has 1 aromatic rings. The Balaban J connectivity index is 1.73. The molecule has 2 nitrogen and oxygen atoms in total. The van der Waals surface area contributed by atoms with Gasteiger partial charge in [0.1, 0.15) is 5.82 Å². The lowest BCUT2D eigenvalue weighted by Crippen LogP contribution is -2.34. The summed E-state index contributed by atoms with van der Waals surface area (Å²) >= 11 is 0. The third-order valence-corrected chi connectivity index (χ3v) is 4.52. The Labute approximate surface area is 108 Å². The van der Waals surface area contributed by atoms with Gasteiger partial charge in [0.05, 0.1) is 0 Å². The molecule has 1 N–H and O–H groups in total. The summed E-state index contributed by atoms with van der Waals surface area (Å²) in [4.78, 5) is 2.55. The van der Waals surface area contributed by atoms with Crippen LogP contribution in [0, 0.1) is 17.7 Å². The van der Waals surface area contributed by atoms with Crippen molar-refractivity contribution in [1.29, 1.82) is 0 Å². The second kappa shape index (κ2) is 4.98. The molecule has 2 saturated heterocycles. The first-order valence-corrected chi connectivity index (χ1v) is 6.97. The van der Waals surface area contributed by atoms with Gasteiger partial charge in [-0.25, -0.2) is 4.39 Å². The number of nitrogens with one attached hydrogen (secondary N) is 1. The van der Waals surface area contributed by atoms with Crippen LogP contribution < -0.4 is 5.32 Å². The lowest BCUT2D eigenvalue weighted by atomic mass is 9.93. The molecule has 18 heavy (non-hydrogen) atoms. The van der Waals surface area contributed by atoms with Crippen LogP contribution in [0.2, 0.25) is 0 Å². The number of rotatable bonds is 3. The quantitative estimate of drug-likeness (QED) is 0.882. The summed E-state index contributed by atoms with van der Waals surface area (Å²) in [6.07, 6.45) is 1.19. The monoisotopic (exact) mass is 248 g/mol. The fourth-order valence-corrected chi connectivity index (χ4v) is 3.72. The van der Waals surface area contributed by atoms with Crippen LogP contribution in [0.25, 0.3) is 0 Å². The van der Waals surface area contributed by atoms with Gasteiger partial charge in [-0.05, 0) is 49.0 Å². The maximum atomic E-state index is 13.2. The maximum absolute atomic E-state index is 13.2. The number of hydrogen-bond acceptors (Lipinski definition) is 2. The maximum Gasteiger partial charge on any atom is 0.123 e. The Bertz CT molecular complexity index is 421. The van der Waals surface area contributed by atoms with Gasteiger partial charge in [0, 0.05) is 19.1 Å². The number of halogens is 1. The van der Waals surface area contributed by atoms with Gasteiger partial charge in [-0.2, -0.15) is 0 Å². The molecule has 3 rings (SSSR count). The molecular formula is C15H21FN2. The van der Waals surface area contributed by atoms with Gasteiger partial charge < -0.3 is 5.32 Å². The van der Waals surface area contributed by atoms with Crippen molar-refractivity contribution < 1.29 is 4.39 Å². The minimum atomic E-state index is -0.124. The third kappa shape index (κ3) is 2.17. The predicted molar refractivity (Wildman–Crippen MR) is 70.7 cm³/mol. The van der Waals surface area contributed by atoms with E-state index in [4.69, 9.17) is 0 Å². The van der Waals surface area contributed by atoms with Gasteiger partial charge in [0.25, 0.3) is 0 Å². The summed E-state index contributed by atoms with van der Waals surface area (Å²) in [5.41, 5.74) is 1.10. The van der Waals surface area contributed by atoms with Gasteiger partial charge in [-0.1, -0.05) is 19.1 Å². The van der Waals surface area contributed by atoms with Crippen molar-refractivity contribution in [2.45, 2.75) is 25.9 Å². The molecular weight excluding hydrogens is 227 g/mol. The number of hydrogen-bond donors (Lipinski definition) is 1. The van der Waals surface area contributed by atoms with Crippen molar-refractivity contribution >= 4 is 0 Å². The van der Waals surface area contributed by atoms with Crippen LogP contribution in [0.1, 0.15) is 18.9 Å². The zero-order valence-corrected chi connectivity index (χ0v) is 10.9. The van der Waals surface area contributed by atoms with Crippen LogP contribution in [0.3, 0.4) is 0 Å². The van der Waals surface area contributed by atoms with Crippen LogP contribution in [0.5, 0.6) is 0 Å². The van der Waals surface area contributed by atoms with Crippen LogP contribution >= 0.6 is 0 Å². The highest BCUT2D eigenvalue weighted by atomic mass is 19.1. The molecule has 3 heteroatoms. The molecule has 0 bridgehead atoms. The summed E-state index contributed by atoms with van der Waals surface area (Å²) in [6, 6.07) is 7.68. The lowest BCUT2D eigenvalue weighted by Gasteiger charge is -2.26. The SMILES string of the molecule is CCC1C2CNCC2CN1Cc1cccc(F)c1. The number of likely N-dealkylation sites (tertiary alicyclic amines) is 1. The largest absolute Gasteiger partial charge is 0.316 e. The van der Waals surface area contributed by atoms with Crippen molar-refractivity contribution in [3.63, 3.8) is 0 Å². The molecule has 0 spiro atoms. The normalized spacial score (nSPS) is 31.8. The van der Waals surface area contributed by atoms with Gasteiger partial charge in [0.15, 0.2) is 0 Å². The van der Waals surface area contributed by atoms with Crippen LogP contribution in [0.4, 0.5) is 4.39 Å². The average molecular weight is 248 g/mol. The first-order valence-electron chi connectivity index (χ1n) is 6.97. The van der Waals surface area contributed by atoms with E-state index < -0.39 is 0 Å². The van der Waals surface area contributed by atoms with E-state index in [-0.39, 0.29) is 5.82 Å². The molecule has 2 heterocycles. The predicted octanol–water partition coefficient (Wildman–Crippen LogP) is 2.26. The fourth-order valence-electron chi connectivity index (χ4n) is 3.72. The molecule has 0 radical (unpaired) electrons. The van der Waals surface area contributed by atoms with Crippen molar-refractivity contribution in [2.24, 2.45) is 11.8 Å². The van der Waals surface area contributed by atoms with E-state index in [1.54, 1.807) is 6.07 Å². The van der Waals surface area contributed by atoms with E-state index in [0.29, 0.717) is 6.04 Å². The summed E-state index contributed by atoms with van der Waals surface area (Å²) in [5, 5.41) is 3.50. The van der Waals surface area contributed by atoms with E-state index in [9.17, 15) is 4.39 Å². The first kappa shape index (κ1) is 12.1. The second-order valence-corrected chi connectivity index (χ2v) is 5.62. The van der Waals surface area contributed by atoms with Crippen molar-refractivity contribution in [3.05, 3.63) is 35.6 Å². The molecule has 0 amide bonds. The minimum Gasteiger partial charge on any atom is -0.316 e. The van der Waals surface area contributed by atoms with E-state index in [1.165, 1.54) is 12.5 Å². The van der Waals surface area contributed by atoms with Gasteiger partial charge >= 0.3 is 0 Å². The Morgan fingerprint density at radius 2 is 2.28 bits per heavy atom. The first-order chi connectivity index (χ1) is 8.78. The van der Waals surface area contributed by atoms with Crippen molar-refractivity contribution in [1.82, 2.24) is 10.2 Å². The van der Waals surface area contributed by atoms with Gasteiger partial charge in [-0.15, -0.1) is 0 Å². The zero-order chi connectivity index (χ0) is 12.5. The number of fused-ring (bicyclic) bond motifs is 1. The topological polar surface area (TPSA) is 15.3 Å². The van der Waals surface area contributed by atoms with Gasteiger partial charge in [0.2, 0.25) is 0 Å². The average Bonchev–Trinajstić information content (AvgIpc) is 2.89. The van der Waals surface area contributed by atoms with Crippen LogP contribution in [-0.2, 0) is 6.54 Å². The molecule has 2 aliphatic rings. The third-order valence-electron chi connectivity index (χ3n) is 4.52. The standard InChI is InChI=1S/C15H21FN2/c1-2-15-14-8-17-7-12(14)10-18(15)9-11-4-3-5-13(16)6-11/h3-6,12,14-15,17H,2,7-10H2,1H3. The highest BCUT2D eigenvalue weighted by Gasteiger charge is 2.42. The molecule has 98 valence electrons. The molecule has 3 atom stereocenters. The molecule has 2 fully saturated rings. The Morgan fingerprint density at radius 3 is 3.06 bits per heavy atom. The van der Waals surface area contributed by atoms with E-state index in [2.05, 4.69) is 17.1 Å². The van der Waals surface area contributed by atoms with E-state index in [1.807, 2.05) is 12.1 Å². The minimum absolute atomic E-state index is 0.124. The lowest BCUT2D eigenvalue weighted by molar-refractivity contribution is 0.210. The Kier molecular flexibility index (Phi) is 3.35. The number of benzene rings is 1. The fraction of sp³-hybridized carbons (Fsp3) is 0.600. The van der Waals surface area contributed by atoms with E-state index >= 15 is 0 Å². The molecule has 0 aromatic heterocycles. The Hall–Kier alpha value is -0.930. The summed E-state index contributed by atoms with van der Waals surface area (Å²) in [7, 11) is 0. The van der Waals surface area contributed by atoms with E-state index in [0.717, 1.165) is 43.6 Å². The summed E-state index contributed by atoms with van der Waals surface area (Å²) in [6.45, 7) is 6.63. The van der Waals surface area contributed by atoms with Crippen molar-refractivity contribution in [3.8, 4) is 0 Å². The second-order valence-electron chi connectivity index (χ2n) is 5.62. The van der Waals surface area contributed by atoms with Crippen molar-refractivity contribution in [2.75, 3.05) is 19.6 Å². The van der Waals surface area contributed by atoms with Gasteiger partial charge in [-0.3, -0.25) is 4.90 Å². The Morgan fingerprint density at radius 1 is 1.39 bits per heavy atom. The molecule has 3 unspecified atom stereocenters. The summed E-state index contributed by atoms with van der Waals surface area (Å²) < 4.78 is 13.2. The zero-order valence-electron chi connectivity index (χ0n) is 10.9. The molecule has 0 aliphatic carbocycles. The molecule has 0 saturated carbocycles. The van der Waals surface area contributed by atoms with Crippen LogP contribution in [0.15, 0.2) is 24.3 Å². The molecule has 2 aliphatic heterocycles. The highest BCUT2D eigenvalue weighted by molar-refractivity contribution is 5.17. The smallest absolute Gasteiger partial charge is 0.123 e. The highest BCUT2D eigenvalue weighted by Crippen LogP contribution is 2.35. The van der Waals surface area contributed by atoms with Crippen LogP contribution in [-0.4, -0.2) is 30.6 Å².